The van der Waals surface area contributed by atoms with Crippen LogP contribution in [0, 0.1) is 4.77 Å². The SMILES string of the molecule is CC(C)c1c[nH]c(=S)n1-c1cccc2ccccc12. The van der Waals surface area contributed by atoms with E-state index in [2.05, 4.69) is 65.9 Å². The summed E-state index contributed by atoms with van der Waals surface area (Å²) in [5.74, 6) is 0.423. The third kappa shape index (κ3) is 2.00. The molecule has 0 aliphatic carbocycles. The Hall–Kier alpha value is -1.87. The first-order valence-corrected chi connectivity index (χ1v) is 6.88. The van der Waals surface area contributed by atoms with Crippen molar-refractivity contribution in [1.29, 1.82) is 0 Å². The molecule has 0 unspecified atom stereocenters. The molecule has 3 aromatic rings. The Balaban J connectivity index is 2.37. The number of nitrogens with zero attached hydrogens (tertiary/aromatic N) is 1. The van der Waals surface area contributed by atoms with Crippen molar-refractivity contribution in [2.24, 2.45) is 0 Å². The molecule has 0 atom stereocenters. The number of aromatic amines is 1. The van der Waals surface area contributed by atoms with Gasteiger partial charge in [0.05, 0.1) is 5.69 Å². The number of rotatable bonds is 2. The quantitative estimate of drug-likeness (QED) is 0.661. The number of hydrogen-bond donors (Lipinski definition) is 1. The average molecular weight is 268 g/mol. The van der Waals surface area contributed by atoms with Crippen LogP contribution in [0.5, 0.6) is 0 Å². The third-order valence-electron chi connectivity index (χ3n) is 3.40. The molecule has 0 fully saturated rings. The van der Waals surface area contributed by atoms with Crippen LogP contribution in [0.15, 0.2) is 48.7 Å². The molecule has 1 N–H and O–H groups in total. The molecule has 1 heterocycles. The Morgan fingerprint density at radius 3 is 2.58 bits per heavy atom. The zero-order valence-corrected chi connectivity index (χ0v) is 11.9. The maximum absolute atomic E-state index is 5.44. The van der Waals surface area contributed by atoms with E-state index in [-0.39, 0.29) is 0 Å². The van der Waals surface area contributed by atoms with E-state index in [0.29, 0.717) is 5.92 Å². The highest BCUT2D eigenvalue weighted by Crippen LogP contribution is 2.26. The molecule has 3 heteroatoms. The van der Waals surface area contributed by atoms with E-state index in [1.807, 2.05) is 6.20 Å². The summed E-state index contributed by atoms with van der Waals surface area (Å²) in [5.41, 5.74) is 2.36. The second kappa shape index (κ2) is 4.67. The predicted octanol–water partition coefficient (Wildman–Crippen LogP) is 4.81. The van der Waals surface area contributed by atoms with Crippen LogP contribution in [0.1, 0.15) is 25.5 Å². The second-order valence-electron chi connectivity index (χ2n) is 5.01. The molecule has 19 heavy (non-hydrogen) atoms. The van der Waals surface area contributed by atoms with Crippen LogP contribution in [0.25, 0.3) is 16.5 Å². The van der Waals surface area contributed by atoms with Crippen LogP contribution < -0.4 is 0 Å². The van der Waals surface area contributed by atoms with Crippen molar-refractivity contribution in [2.75, 3.05) is 0 Å². The number of H-pyrrole nitrogens is 1. The van der Waals surface area contributed by atoms with Gasteiger partial charge in [0.25, 0.3) is 0 Å². The molecule has 2 aromatic carbocycles. The van der Waals surface area contributed by atoms with Crippen molar-refractivity contribution in [3.8, 4) is 5.69 Å². The minimum Gasteiger partial charge on any atom is -0.337 e. The highest BCUT2D eigenvalue weighted by atomic mass is 32.1. The second-order valence-corrected chi connectivity index (χ2v) is 5.39. The molecule has 0 aliphatic heterocycles. The molecular formula is C16H16N2S. The van der Waals surface area contributed by atoms with Crippen molar-refractivity contribution >= 4 is 23.0 Å². The zero-order chi connectivity index (χ0) is 13.4. The van der Waals surface area contributed by atoms with E-state index in [4.69, 9.17) is 12.2 Å². The Kier molecular flexibility index (Phi) is 2.99. The van der Waals surface area contributed by atoms with Gasteiger partial charge in [0.2, 0.25) is 0 Å². The van der Waals surface area contributed by atoms with Crippen molar-refractivity contribution < 1.29 is 0 Å². The first-order valence-electron chi connectivity index (χ1n) is 6.47. The molecule has 2 nitrogen and oxygen atoms in total. The van der Waals surface area contributed by atoms with Crippen LogP contribution in [0.2, 0.25) is 0 Å². The Morgan fingerprint density at radius 2 is 1.79 bits per heavy atom. The van der Waals surface area contributed by atoms with Crippen molar-refractivity contribution in [1.82, 2.24) is 9.55 Å². The predicted molar refractivity (Wildman–Crippen MR) is 82.5 cm³/mol. The van der Waals surface area contributed by atoms with Crippen LogP contribution in [-0.2, 0) is 0 Å². The van der Waals surface area contributed by atoms with Gasteiger partial charge in [0.15, 0.2) is 4.77 Å². The first kappa shape index (κ1) is 12.2. The van der Waals surface area contributed by atoms with Gasteiger partial charge in [0.1, 0.15) is 0 Å². The fraction of sp³-hybridized carbons (Fsp3) is 0.188. The van der Waals surface area contributed by atoms with Crippen LogP contribution in [0.3, 0.4) is 0 Å². The minimum absolute atomic E-state index is 0.423. The zero-order valence-electron chi connectivity index (χ0n) is 11.1. The molecular weight excluding hydrogens is 252 g/mol. The Bertz CT molecular complexity index is 775. The van der Waals surface area contributed by atoms with Gasteiger partial charge in [-0.3, -0.25) is 4.57 Å². The highest BCUT2D eigenvalue weighted by Gasteiger charge is 2.11. The fourth-order valence-electron chi connectivity index (χ4n) is 2.46. The van der Waals surface area contributed by atoms with Gasteiger partial charge in [-0.05, 0) is 29.6 Å². The monoisotopic (exact) mass is 268 g/mol. The molecule has 0 saturated carbocycles. The topological polar surface area (TPSA) is 20.7 Å². The van der Waals surface area contributed by atoms with Gasteiger partial charge in [-0.15, -0.1) is 0 Å². The molecule has 0 radical (unpaired) electrons. The lowest BCUT2D eigenvalue weighted by Gasteiger charge is -2.13. The van der Waals surface area contributed by atoms with Crippen molar-refractivity contribution in [3.63, 3.8) is 0 Å². The van der Waals surface area contributed by atoms with Gasteiger partial charge < -0.3 is 4.98 Å². The minimum atomic E-state index is 0.423. The largest absolute Gasteiger partial charge is 0.337 e. The average Bonchev–Trinajstić information content (AvgIpc) is 2.80. The molecule has 0 saturated heterocycles. The number of hydrogen-bond acceptors (Lipinski definition) is 1. The van der Waals surface area contributed by atoms with E-state index in [1.165, 1.54) is 16.5 Å². The molecule has 0 amide bonds. The van der Waals surface area contributed by atoms with Crippen LogP contribution in [-0.4, -0.2) is 9.55 Å². The van der Waals surface area contributed by atoms with Gasteiger partial charge in [-0.2, -0.15) is 0 Å². The van der Waals surface area contributed by atoms with Gasteiger partial charge in [-0.25, -0.2) is 0 Å². The molecule has 0 bridgehead atoms. The molecule has 96 valence electrons. The lowest BCUT2D eigenvalue weighted by atomic mass is 10.1. The van der Waals surface area contributed by atoms with Gasteiger partial charge >= 0.3 is 0 Å². The Morgan fingerprint density at radius 1 is 1.05 bits per heavy atom. The molecule has 0 aliphatic rings. The summed E-state index contributed by atoms with van der Waals surface area (Å²) < 4.78 is 2.89. The van der Waals surface area contributed by atoms with E-state index >= 15 is 0 Å². The van der Waals surface area contributed by atoms with Gasteiger partial charge in [0, 0.05) is 17.3 Å². The molecule has 3 rings (SSSR count). The summed E-state index contributed by atoms with van der Waals surface area (Å²) in [4.78, 5) is 3.16. The number of aromatic nitrogens is 2. The number of nitrogens with one attached hydrogen (secondary N) is 1. The summed E-state index contributed by atoms with van der Waals surface area (Å²) in [6.07, 6.45) is 2.01. The number of benzene rings is 2. The summed E-state index contributed by atoms with van der Waals surface area (Å²) in [6, 6.07) is 14.7. The normalized spacial score (nSPS) is 11.3. The number of fused-ring (bicyclic) bond motifs is 1. The van der Waals surface area contributed by atoms with E-state index in [0.717, 1.165) is 10.5 Å². The van der Waals surface area contributed by atoms with Crippen molar-refractivity contribution in [2.45, 2.75) is 19.8 Å². The first-order chi connectivity index (χ1) is 9.18. The van der Waals surface area contributed by atoms with Crippen LogP contribution >= 0.6 is 12.2 Å². The lowest BCUT2D eigenvalue weighted by molar-refractivity contribution is 0.785. The smallest absolute Gasteiger partial charge is 0.182 e. The maximum Gasteiger partial charge on any atom is 0.182 e. The fourth-order valence-corrected chi connectivity index (χ4v) is 2.72. The summed E-state index contributed by atoms with van der Waals surface area (Å²) in [5, 5.41) is 2.46. The highest BCUT2D eigenvalue weighted by molar-refractivity contribution is 7.71. The summed E-state index contributed by atoms with van der Waals surface area (Å²) in [7, 11) is 0. The van der Waals surface area contributed by atoms with E-state index in [9.17, 15) is 0 Å². The van der Waals surface area contributed by atoms with Gasteiger partial charge in [-0.1, -0.05) is 50.2 Å². The van der Waals surface area contributed by atoms with E-state index < -0.39 is 0 Å². The van der Waals surface area contributed by atoms with Crippen LogP contribution in [0.4, 0.5) is 0 Å². The number of imidazole rings is 1. The van der Waals surface area contributed by atoms with Crippen molar-refractivity contribution in [3.05, 3.63) is 59.1 Å². The standard InChI is InChI=1S/C16H16N2S/c1-11(2)15-10-17-16(19)18(15)14-9-5-7-12-6-3-4-8-13(12)14/h3-11H,1-2H3,(H,17,19). The van der Waals surface area contributed by atoms with E-state index in [1.54, 1.807) is 0 Å². The maximum atomic E-state index is 5.44. The summed E-state index contributed by atoms with van der Waals surface area (Å²) >= 11 is 5.44. The molecule has 0 spiro atoms. The Labute approximate surface area is 117 Å². The third-order valence-corrected chi connectivity index (χ3v) is 3.70. The lowest BCUT2D eigenvalue weighted by Crippen LogP contribution is -2.02. The molecule has 1 aromatic heterocycles. The summed E-state index contributed by atoms with van der Waals surface area (Å²) in [6.45, 7) is 4.36.